The number of carbonyl (C=O) groups is 2. The van der Waals surface area contributed by atoms with Crippen LogP contribution in [0.4, 0.5) is 5.69 Å². The SMILES string of the molecule is CC(C)(C)c1ccc(OCCCC(=O)Nc2ccc(Cl)cc2C(=O)c2ccccc2)c(Br)c1. The van der Waals surface area contributed by atoms with Crippen molar-refractivity contribution in [3.63, 3.8) is 0 Å². The van der Waals surface area contributed by atoms with Gasteiger partial charge < -0.3 is 10.1 Å². The first-order valence-electron chi connectivity index (χ1n) is 10.8. The molecule has 6 heteroatoms. The Morgan fingerprint density at radius 2 is 1.73 bits per heavy atom. The molecule has 0 saturated carbocycles. The quantitative estimate of drug-likeness (QED) is 0.244. The van der Waals surface area contributed by atoms with Crippen molar-refractivity contribution in [2.45, 2.75) is 39.0 Å². The van der Waals surface area contributed by atoms with Crippen LogP contribution in [0.15, 0.2) is 71.2 Å². The van der Waals surface area contributed by atoms with Gasteiger partial charge in [0.2, 0.25) is 5.91 Å². The average molecular weight is 529 g/mol. The smallest absolute Gasteiger partial charge is 0.224 e. The van der Waals surface area contributed by atoms with Gasteiger partial charge in [0, 0.05) is 22.6 Å². The van der Waals surface area contributed by atoms with Crippen LogP contribution in [0, 0.1) is 0 Å². The van der Waals surface area contributed by atoms with E-state index in [4.69, 9.17) is 16.3 Å². The summed E-state index contributed by atoms with van der Waals surface area (Å²) in [6, 6.07) is 19.9. The fourth-order valence-electron chi connectivity index (χ4n) is 3.27. The number of hydrogen-bond donors (Lipinski definition) is 1. The monoisotopic (exact) mass is 527 g/mol. The molecule has 172 valence electrons. The van der Waals surface area contributed by atoms with Crippen LogP contribution in [0.1, 0.15) is 55.1 Å². The van der Waals surface area contributed by atoms with Gasteiger partial charge in [-0.3, -0.25) is 9.59 Å². The average Bonchev–Trinajstić information content (AvgIpc) is 2.78. The van der Waals surface area contributed by atoms with Crippen molar-refractivity contribution in [2.75, 3.05) is 11.9 Å². The Balaban J connectivity index is 1.57. The second-order valence-corrected chi connectivity index (χ2v) is 10.1. The fraction of sp³-hybridized carbons (Fsp3) is 0.259. The van der Waals surface area contributed by atoms with Gasteiger partial charge in [-0.2, -0.15) is 0 Å². The van der Waals surface area contributed by atoms with Crippen LogP contribution >= 0.6 is 27.5 Å². The van der Waals surface area contributed by atoms with Gasteiger partial charge in [0.25, 0.3) is 0 Å². The third-order valence-corrected chi connectivity index (χ3v) is 5.99. The zero-order valence-corrected chi connectivity index (χ0v) is 21.3. The molecule has 4 nitrogen and oxygen atoms in total. The summed E-state index contributed by atoms with van der Waals surface area (Å²) < 4.78 is 6.74. The molecule has 0 fully saturated rings. The molecule has 0 saturated heterocycles. The summed E-state index contributed by atoms with van der Waals surface area (Å²) >= 11 is 9.67. The lowest BCUT2D eigenvalue weighted by molar-refractivity contribution is -0.116. The Morgan fingerprint density at radius 1 is 1.00 bits per heavy atom. The van der Waals surface area contributed by atoms with E-state index in [1.165, 1.54) is 5.56 Å². The first-order valence-corrected chi connectivity index (χ1v) is 11.9. The molecule has 0 bridgehead atoms. The van der Waals surface area contributed by atoms with Gasteiger partial charge in [-0.15, -0.1) is 0 Å². The molecule has 0 aliphatic carbocycles. The molecule has 33 heavy (non-hydrogen) atoms. The van der Waals surface area contributed by atoms with E-state index in [0.717, 1.165) is 10.2 Å². The van der Waals surface area contributed by atoms with Crippen LogP contribution in [-0.4, -0.2) is 18.3 Å². The number of anilines is 1. The molecule has 1 N–H and O–H groups in total. The zero-order chi connectivity index (χ0) is 24.0. The molecule has 0 heterocycles. The maximum Gasteiger partial charge on any atom is 0.224 e. The summed E-state index contributed by atoms with van der Waals surface area (Å²) in [6.07, 6.45) is 0.800. The highest BCUT2D eigenvalue weighted by atomic mass is 79.9. The van der Waals surface area contributed by atoms with Crippen molar-refractivity contribution in [3.8, 4) is 5.75 Å². The number of ketones is 1. The Kier molecular flexibility index (Phi) is 8.33. The highest BCUT2D eigenvalue weighted by molar-refractivity contribution is 9.10. The zero-order valence-electron chi connectivity index (χ0n) is 19.0. The van der Waals surface area contributed by atoms with Gasteiger partial charge in [0.05, 0.1) is 16.8 Å². The summed E-state index contributed by atoms with van der Waals surface area (Å²) in [4.78, 5) is 25.4. The molecule has 0 unspecified atom stereocenters. The Labute approximate surface area is 208 Å². The number of halogens is 2. The topological polar surface area (TPSA) is 55.4 Å². The second kappa shape index (κ2) is 11.0. The van der Waals surface area contributed by atoms with Gasteiger partial charge in [-0.25, -0.2) is 0 Å². The van der Waals surface area contributed by atoms with Gasteiger partial charge in [-0.05, 0) is 63.7 Å². The number of ether oxygens (including phenoxy) is 1. The fourth-order valence-corrected chi connectivity index (χ4v) is 3.94. The molecule has 1 amide bonds. The standard InChI is InChI=1S/C27H27BrClNO3/c1-27(2,3)19-11-14-24(22(28)16-19)33-15-7-10-25(31)30-23-13-12-20(29)17-21(23)26(32)18-8-5-4-6-9-18/h4-6,8-9,11-14,16-17H,7,10,15H2,1-3H3,(H,30,31). The molecular formula is C27H27BrClNO3. The second-order valence-electron chi connectivity index (χ2n) is 8.78. The Morgan fingerprint density at radius 3 is 2.39 bits per heavy atom. The predicted molar refractivity (Wildman–Crippen MR) is 138 cm³/mol. The number of nitrogens with one attached hydrogen (secondary N) is 1. The van der Waals surface area contributed by atoms with Gasteiger partial charge in [0.15, 0.2) is 5.78 Å². The molecular weight excluding hydrogens is 502 g/mol. The van der Waals surface area contributed by atoms with Crippen molar-refractivity contribution in [1.29, 1.82) is 0 Å². The predicted octanol–water partition coefficient (Wildman–Crippen LogP) is 7.43. The number of amides is 1. The summed E-state index contributed by atoms with van der Waals surface area (Å²) in [5, 5.41) is 3.27. The van der Waals surface area contributed by atoms with Crippen molar-refractivity contribution >= 4 is 44.9 Å². The van der Waals surface area contributed by atoms with Crippen LogP contribution in [0.3, 0.4) is 0 Å². The lowest BCUT2D eigenvalue weighted by Gasteiger charge is -2.20. The van der Waals surface area contributed by atoms with Crippen molar-refractivity contribution in [2.24, 2.45) is 0 Å². The molecule has 0 aliphatic heterocycles. The number of rotatable bonds is 8. The third-order valence-electron chi connectivity index (χ3n) is 5.14. The molecule has 0 radical (unpaired) electrons. The van der Waals surface area contributed by atoms with Crippen LogP contribution in [-0.2, 0) is 10.2 Å². The van der Waals surface area contributed by atoms with Crippen molar-refractivity contribution in [3.05, 3.63) is 92.9 Å². The Hall–Kier alpha value is -2.63. The first-order chi connectivity index (χ1) is 15.6. The van der Waals surface area contributed by atoms with Crippen molar-refractivity contribution < 1.29 is 14.3 Å². The van der Waals surface area contributed by atoms with Crippen LogP contribution in [0.2, 0.25) is 5.02 Å². The van der Waals surface area contributed by atoms with Gasteiger partial charge >= 0.3 is 0 Å². The van der Waals surface area contributed by atoms with E-state index in [-0.39, 0.29) is 23.5 Å². The normalized spacial score (nSPS) is 11.2. The molecule has 3 rings (SSSR count). The lowest BCUT2D eigenvalue weighted by atomic mass is 9.87. The lowest BCUT2D eigenvalue weighted by Crippen LogP contribution is -2.16. The van der Waals surface area contributed by atoms with E-state index in [1.807, 2.05) is 12.1 Å². The minimum absolute atomic E-state index is 0.0571. The van der Waals surface area contributed by atoms with Crippen LogP contribution in [0.25, 0.3) is 0 Å². The third kappa shape index (κ3) is 6.92. The maximum absolute atomic E-state index is 12.9. The van der Waals surface area contributed by atoms with Crippen molar-refractivity contribution in [1.82, 2.24) is 0 Å². The number of hydrogen-bond acceptors (Lipinski definition) is 3. The van der Waals surface area contributed by atoms with E-state index in [2.05, 4.69) is 54.2 Å². The minimum Gasteiger partial charge on any atom is -0.492 e. The highest BCUT2D eigenvalue weighted by Gasteiger charge is 2.17. The number of benzene rings is 3. The molecule has 0 atom stereocenters. The van der Waals surface area contributed by atoms with E-state index in [0.29, 0.717) is 34.9 Å². The molecule has 0 spiro atoms. The summed E-state index contributed by atoms with van der Waals surface area (Å²) in [6.45, 7) is 6.88. The van der Waals surface area contributed by atoms with Gasteiger partial charge in [0.1, 0.15) is 5.75 Å². The molecule has 3 aromatic carbocycles. The molecule has 3 aromatic rings. The minimum atomic E-state index is -0.194. The summed E-state index contributed by atoms with van der Waals surface area (Å²) in [5.74, 6) is 0.363. The van der Waals surface area contributed by atoms with Gasteiger partial charge in [-0.1, -0.05) is 68.8 Å². The largest absolute Gasteiger partial charge is 0.492 e. The van der Waals surface area contributed by atoms with E-state index < -0.39 is 0 Å². The van der Waals surface area contributed by atoms with E-state index in [9.17, 15) is 9.59 Å². The molecule has 0 aliphatic rings. The van der Waals surface area contributed by atoms with Crippen LogP contribution < -0.4 is 10.1 Å². The van der Waals surface area contributed by atoms with E-state index in [1.54, 1.807) is 42.5 Å². The number of carbonyl (C=O) groups excluding carboxylic acids is 2. The highest BCUT2D eigenvalue weighted by Crippen LogP contribution is 2.31. The van der Waals surface area contributed by atoms with E-state index >= 15 is 0 Å². The Bertz CT molecular complexity index is 1140. The summed E-state index contributed by atoms with van der Waals surface area (Å²) in [7, 11) is 0. The summed E-state index contributed by atoms with van der Waals surface area (Å²) in [5.41, 5.74) is 2.61. The molecule has 0 aromatic heterocycles. The first kappa shape index (κ1) is 25.0. The maximum atomic E-state index is 12.9. The van der Waals surface area contributed by atoms with Crippen LogP contribution in [0.5, 0.6) is 5.75 Å².